The number of hydrogen-bond acceptors (Lipinski definition) is 3. The second-order valence-corrected chi connectivity index (χ2v) is 13.0. The first-order valence-electron chi connectivity index (χ1n) is 13.7. The molecule has 2 amide bonds. The van der Waals surface area contributed by atoms with Gasteiger partial charge in [0, 0.05) is 25.4 Å². The molecule has 1 saturated heterocycles. The highest BCUT2D eigenvalue weighted by Crippen LogP contribution is 2.66. The number of benzene rings is 1. The van der Waals surface area contributed by atoms with E-state index in [2.05, 4.69) is 50.0 Å². The molecule has 0 radical (unpaired) electrons. The van der Waals surface area contributed by atoms with Crippen LogP contribution in [0.15, 0.2) is 24.3 Å². The molecule has 1 heterocycles. The fraction of sp³-hybridized carbons (Fsp3) is 0.733. The number of nitrogens with one attached hydrogen (secondary N) is 1. The van der Waals surface area contributed by atoms with E-state index >= 15 is 0 Å². The van der Waals surface area contributed by atoms with Gasteiger partial charge in [-0.15, -0.1) is 0 Å². The number of ether oxygens (including phenoxy) is 1. The number of nitrogens with zero attached hydrogens (tertiary/aromatic N) is 1. The van der Waals surface area contributed by atoms with Gasteiger partial charge in [0.25, 0.3) is 0 Å². The number of likely N-dealkylation sites (tertiary alicyclic amines) is 1. The van der Waals surface area contributed by atoms with E-state index in [1.807, 2.05) is 19.2 Å². The maximum absolute atomic E-state index is 13.8. The van der Waals surface area contributed by atoms with Crippen LogP contribution >= 0.6 is 0 Å². The van der Waals surface area contributed by atoms with Crippen molar-refractivity contribution in [1.82, 2.24) is 10.2 Å². The fourth-order valence-electron chi connectivity index (χ4n) is 9.06. The fourth-order valence-corrected chi connectivity index (χ4v) is 9.06. The first-order chi connectivity index (χ1) is 16.5. The highest BCUT2D eigenvalue weighted by atomic mass is 16.5. The van der Waals surface area contributed by atoms with E-state index in [9.17, 15) is 9.59 Å². The second-order valence-electron chi connectivity index (χ2n) is 13.0. The zero-order valence-electron chi connectivity index (χ0n) is 22.5. The van der Waals surface area contributed by atoms with Crippen LogP contribution < -0.4 is 10.1 Å². The van der Waals surface area contributed by atoms with Crippen molar-refractivity contribution >= 4 is 11.8 Å². The van der Waals surface area contributed by atoms with Gasteiger partial charge in [0.05, 0.1) is 12.6 Å². The van der Waals surface area contributed by atoms with Crippen LogP contribution in [0, 0.1) is 34.5 Å². The van der Waals surface area contributed by atoms with Gasteiger partial charge >= 0.3 is 0 Å². The van der Waals surface area contributed by atoms with E-state index in [-0.39, 0.29) is 22.7 Å². The monoisotopic (exact) mass is 480 g/mol. The molecule has 35 heavy (non-hydrogen) atoms. The Morgan fingerprint density at radius 3 is 2.37 bits per heavy atom. The Balaban J connectivity index is 1.33. The van der Waals surface area contributed by atoms with Crippen LogP contribution in [0.5, 0.6) is 5.75 Å². The van der Waals surface area contributed by atoms with E-state index < -0.39 is 5.54 Å². The first kappa shape index (κ1) is 24.6. The molecule has 1 N–H and O–H groups in total. The number of methoxy groups -OCH3 is 1. The lowest BCUT2D eigenvalue weighted by Crippen LogP contribution is -2.61. The highest BCUT2D eigenvalue weighted by Gasteiger charge is 2.62. The summed E-state index contributed by atoms with van der Waals surface area (Å²) in [4.78, 5) is 28.3. The topological polar surface area (TPSA) is 58.6 Å². The number of carbonyl (C=O) groups is 2. The average Bonchev–Trinajstić information content (AvgIpc) is 3.19. The lowest BCUT2D eigenvalue weighted by Gasteiger charge is -2.61. The number of fused-ring (bicyclic) bond motifs is 5. The van der Waals surface area contributed by atoms with Gasteiger partial charge in [-0.25, -0.2) is 0 Å². The third-order valence-corrected chi connectivity index (χ3v) is 11.1. The smallest absolute Gasteiger partial charge is 0.224 e. The van der Waals surface area contributed by atoms with Crippen LogP contribution in [-0.2, 0) is 15.1 Å². The summed E-state index contributed by atoms with van der Waals surface area (Å²) < 4.78 is 5.30. The van der Waals surface area contributed by atoms with Crippen molar-refractivity contribution in [3.63, 3.8) is 0 Å². The Morgan fingerprint density at radius 2 is 1.69 bits per heavy atom. The van der Waals surface area contributed by atoms with E-state index in [0.29, 0.717) is 36.1 Å². The zero-order chi connectivity index (χ0) is 25.2. The summed E-state index contributed by atoms with van der Waals surface area (Å²) in [5, 5.41) is 3.42. The Hall–Kier alpha value is -2.04. The Bertz CT molecular complexity index is 988. The normalized spacial score (nSPS) is 38.9. The molecule has 4 aliphatic rings. The lowest BCUT2D eigenvalue weighted by atomic mass is 9.47. The van der Waals surface area contributed by atoms with Crippen LogP contribution in [0.1, 0.15) is 84.6 Å². The Morgan fingerprint density at radius 1 is 1.00 bits per heavy atom. The molecule has 1 aliphatic heterocycles. The van der Waals surface area contributed by atoms with Crippen molar-refractivity contribution in [2.75, 3.05) is 14.2 Å². The highest BCUT2D eigenvalue weighted by molar-refractivity contribution is 5.81. The van der Waals surface area contributed by atoms with Gasteiger partial charge in [0.2, 0.25) is 11.8 Å². The number of rotatable bonds is 4. The van der Waals surface area contributed by atoms with Gasteiger partial charge in [-0.3, -0.25) is 9.59 Å². The molecule has 3 saturated carbocycles. The van der Waals surface area contributed by atoms with Gasteiger partial charge in [0.1, 0.15) is 5.75 Å². The summed E-state index contributed by atoms with van der Waals surface area (Å²) in [5.41, 5.74) is 0.960. The van der Waals surface area contributed by atoms with Gasteiger partial charge < -0.3 is 15.0 Å². The van der Waals surface area contributed by atoms with Crippen molar-refractivity contribution in [3.8, 4) is 5.75 Å². The summed E-state index contributed by atoms with van der Waals surface area (Å²) in [6, 6.07) is 8.42. The van der Waals surface area contributed by atoms with Crippen molar-refractivity contribution in [2.45, 2.75) is 90.6 Å². The maximum atomic E-state index is 13.8. The van der Waals surface area contributed by atoms with Gasteiger partial charge in [-0.1, -0.05) is 26.0 Å². The van der Waals surface area contributed by atoms with Crippen LogP contribution in [0.3, 0.4) is 0 Å². The molecule has 5 heteroatoms. The van der Waals surface area contributed by atoms with E-state index in [0.717, 1.165) is 43.4 Å². The third-order valence-electron chi connectivity index (χ3n) is 11.1. The van der Waals surface area contributed by atoms with Crippen molar-refractivity contribution < 1.29 is 14.3 Å². The molecular weight excluding hydrogens is 436 g/mol. The van der Waals surface area contributed by atoms with Gasteiger partial charge in [-0.2, -0.15) is 0 Å². The molecule has 0 spiro atoms. The van der Waals surface area contributed by atoms with Crippen LogP contribution in [-0.4, -0.2) is 36.9 Å². The quantitative estimate of drug-likeness (QED) is 0.617. The average molecular weight is 481 g/mol. The van der Waals surface area contributed by atoms with E-state index in [1.54, 1.807) is 7.11 Å². The summed E-state index contributed by atoms with van der Waals surface area (Å²) in [6.07, 6.45) is 8.52. The lowest BCUT2D eigenvalue weighted by molar-refractivity contribution is -0.160. The zero-order valence-corrected chi connectivity index (χ0v) is 22.5. The molecule has 3 aliphatic carbocycles. The molecule has 1 aromatic carbocycles. The predicted molar refractivity (Wildman–Crippen MR) is 138 cm³/mol. The molecule has 0 unspecified atom stereocenters. The summed E-state index contributed by atoms with van der Waals surface area (Å²) in [6.45, 7) is 9.08. The maximum Gasteiger partial charge on any atom is 0.224 e. The van der Waals surface area contributed by atoms with Crippen LogP contribution in [0.2, 0.25) is 0 Å². The minimum Gasteiger partial charge on any atom is -0.497 e. The molecule has 1 aromatic rings. The Kier molecular flexibility index (Phi) is 6.00. The molecule has 0 bridgehead atoms. The third kappa shape index (κ3) is 3.79. The van der Waals surface area contributed by atoms with Crippen molar-refractivity contribution in [3.05, 3.63) is 29.8 Å². The minimum absolute atomic E-state index is 0.0703. The molecule has 192 valence electrons. The van der Waals surface area contributed by atoms with Crippen molar-refractivity contribution in [2.24, 2.45) is 34.5 Å². The SMILES string of the molecule is COc1ccc(C(C)(C)NC(=O)[C@H]2CC[C@H]3[C@@H]4CC[C@H]5N(C)C(=O)CC[C@]5(C)[C@H]4CC[C@]23C)cc1. The number of piperidine rings is 1. The number of hydrogen-bond donors (Lipinski definition) is 1. The molecule has 7 atom stereocenters. The summed E-state index contributed by atoms with van der Waals surface area (Å²) in [5.74, 6) is 3.42. The predicted octanol–water partition coefficient (Wildman–Crippen LogP) is 5.53. The number of amides is 2. The van der Waals surface area contributed by atoms with Gasteiger partial charge in [-0.05, 0) is 105 Å². The van der Waals surface area contributed by atoms with Crippen molar-refractivity contribution in [1.29, 1.82) is 0 Å². The summed E-state index contributed by atoms with van der Waals surface area (Å²) in [7, 11) is 3.70. The molecule has 5 rings (SSSR count). The minimum atomic E-state index is -0.431. The molecule has 4 fully saturated rings. The largest absolute Gasteiger partial charge is 0.497 e. The first-order valence-corrected chi connectivity index (χ1v) is 13.7. The second kappa shape index (κ2) is 8.52. The summed E-state index contributed by atoms with van der Waals surface area (Å²) >= 11 is 0. The van der Waals surface area contributed by atoms with Crippen LogP contribution in [0.25, 0.3) is 0 Å². The Labute approximate surface area is 211 Å². The standard InChI is InChI=1S/C30H44N2O3/c1-28(2,19-7-9-20(35-6)10-8-19)31-27(34)24-13-12-22-21-11-14-25-30(4,18-16-26(33)32(25)5)23(21)15-17-29(22,24)3/h7-10,21-25H,11-18H2,1-6H3,(H,31,34)/t21-,22-,23-,24+,25+,29-,30+/m0/s1. The molecule has 5 nitrogen and oxygen atoms in total. The molecule has 0 aromatic heterocycles. The van der Waals surface area contributed by atoms with Gasteiger partial charge in [0.15, 0.2) is 0 Å². The molecular formula is C30H44N2O3. The van der Waals surface area contributed by atoms with E-state index in [1.165, 1.54) is 12.8 Å². The van der Waals surface area contributed by atoms with E-state index in [4.69, 9.17) is 4.74 Å². The van der Waals surface area contributed by atoms with Crippen LogP contribution in [0.4, 0.5) is 0 Å². The number of carbonyl (C=O) groups excluding carboxylic acids is 2.